The molecule has 0 spiro atoms. The summed E-state index contributed by atoms with van der Waals surface area (Å²) in [6, 6.07) is 5.90. The summed E-state index contributed by atoms with van der Waals surface area (Å²) in [6.45, 7) is 3.64. The molecule has 2 heterocycles. The number of aryl methyl sites for hydroxylation is 2. The van der Waals surface area contributed by atoms with Crippen molar-refractivity contribution in [2.45, 2.75) is 32.6 Å². The summed E-state index contributed by atoms with van der Waals surface area (Å²) in [4.78, 5) is 18.7. The van der Waals surface area contributed by atoms with Gasteiger partial charge in [-0.15, -0.1) is 0 Å². The molecule has 2 aromatic heterocycles. The van der Waals surface area contributed by atoms with Gasteiger partial charge in [-0.1, -0.05) is 13.0 Å². The van der Waals surface area contributed by atoms with Crippen molar-refractivity contribution in [3.8, 4) is 0 Å². The molecule has 22 heavy (non-hydrogen) atoms. The maximum absolute atomic E-state index is 12.4. The maximum atomic E-state index is 12.4. The third-order valence-electron chi connectivity index (χ3n) is 3.60. The van der Waals surface area contributed by atoms with Gasteiger partial charge in [0.1, 0.15) is 0 Å². The molecule has 0 saturated carbocycles. The van der Waals surface area contributed by atoms with E-state index in [0.717, 1.165) is 43.6 Å². The van der Waals surface area contributed by atoms with Crippen molar-refractivity contribution in [2.75, 3.05) is 13.1 Å². The van der Waals surface area contributed by atoms with E-state index in [-0.39, 0.29) is 5.91 Å². The molecule has 5 heteroatoms. The topological polar surface area (TPSA) is 51.0 Å². The molecule has 0 saturated heterocycles. The third kappa shape index (κ3) is 4.98. The van der Waals surface area contributed by atoms with Crippen LogP contribution in [0.2, 0.25) is 0 Å². The van der Waals surface area contributed by atoms with Crippen LogP contribution in [0.25, 0.3) is 0 Å². The number of carbonyl (C=O) groups is 1. The van der Waals surface area contributed by atoms with Gasteiger partial charge in [0.25, 0.3) is 0 Å². The SMILES string of the molecule is CCCN(CCc1ccccn1)C(=O)CCc1cnn(C)c1. The fraction of sp³-hybridized carbons (Fsp3) is 0.471. The van der Waals surface area contributed by atoms with Gasteiger partial charge in [0.2, 0.25) is 5.91 Å². The highest BCUT2D eigenvalue weighted by atomic mass is 16.2. The molecule has 0 aromatic carbocycles. The lowest BCUT2D eigenvalue weighted by Crippen LogP contribution is -2.33. The minimum absolute atomic E-state index is 0.210. The number of hydrogen-bond acceptors (Lipinski definition) is 3. The zero-order valence-electron chi connectivity index (χ0n) is 13.4. The van der Waals surface area contributed by atoms with Crippen molar-refractivity contribution in [3.63, 3.8) is 0 Å². The van der Waals surface area contributed by atoms with E-state index in [1.165, 1.54) is 0 Å². The summed E-state index contributed by atoms with van der Waals surface area (Å²) < 4.78 is 1.77. The van der Waals surface area contributed by atoms with Gasteiger partial charge in [-0.2, -0.15) is 5.10 Å². The minimum atomic E-state index is 0.210. The number of rotatable bonds is 8. The second-order valence-corrected chi connectivity index (χ2v) is 5.47. The van der Waals surface area contributed by atoms with Crippen molar-refractivity contribution in [1.29, 1.82) is 0 Å². The van der Waals surface area contributed by atoms with Crippen molar-refractivity contribution < 1.29 is 4.79 Å². The largest absolute Gasteiger partial charge is 0.342 e. The Morgan fingerprint density at radius 1 is 1.27 bits per heavy atom. The first kappa shape index (κ1) is 16.2. The standard InChI is InChI=1S/C17H24N4O/c1-3-11-21(12-9-16-6-4-5-10-18-16)17(22)8-7-15-13-19-20(2)14-15/h4-6,10,13-14H,3,7-9,11-12H2,1-2H3. The van der Waals surface area contributed by atoms with Crippen LogP contribution in [0.4, 0.5) is 0 Å². The number of pyridine rings is 1. The summed E-state index contributed by atoms with van der Waals surface area (Å²) >= 11 is 0. The first-order valence-corrected chi connectivity index (χ1v) is 7.84. The van der Waals surface area contributed by atoms with E-state index in [2.05, 4.69) is 17.0 Å². The second-order valence-electron chi connectivity index (χ2n) is 5.47. The van der Waals surface area contributed by atoms with E-state index in [1.54, 1.807) is 10.9 Å². The average Bonchev–Trinajstić information content (AvgIpc) is 2.95. The molecule has 0 N–H and O–H groups in total. The normalized spacial score (nSPS) is 10.6. The van der Waals surface area contributed by atoms with Gasteiger partial charge in [0.15, 0.2) is 0 Å². The quantitative estimate of drug-likeness (QED) is 0.751. The first-order valence-electron chi connectivity index (χ1n) is 7.84. The second kappa shape index (κ2) is 8.32. The lowest BCUT2D eigenvalue weighted by molar-refractivity contribution is -0.131. The third-order valence-corrected chi connectivity index (χ3v) is 3.60. The molecule has 0 bridgehead atoms. The van der Waals surface area contributed by atoms with Crippen LogP contribution in [0, 0.1) is 0 Å². The Morgan fingerprint density at radius 2 is 2.14 bits per heavy atom. The summed E-state index contributed by atoms with van der Waals surface area (Å²) in [7, 11) is 1.89. The monoisotopic (exact) mass is 300 g/mol. The van der Waals surface area contributed by atoms with Crippen LogP contribution in [-0.4, -0.2) is 38.7 Å². The summed E-state index contributed by atoms with van der Waals surface area (Å²) in [6.07, 6.45) is 8.64. The van der Waals surface area contributed by atoms with Crippen LogP contribution in [0.1, 0.15) is 31.0 Å². The minimum Gasteiger partial charge on any atom is -0.342 e. The molecular formula is C17H24N4O. The van der Waals surface area contributed by atoms with Crippen molar-refractivity contribution in [2.24, 2.45) is 7.05 Å². The Morgan fingerprint density at radius 3 is 2.77 bits per heavy atom. The zero-order chi connectivity index (χ0) is 15.8. The average molecular weight is 300 g/mol. The van der Waals surface area contributed by atoms with Crippen molar-refractivity contribution in [3.05, 3.63) is 48.0 Å². The lowest BCUT2D eigenvalue weighted by Gasteiger charge is -2.22. The van der Waals surface area contributed by atoms with Crippen LogP contribution >= 0.6 is 0 Å². The fourth-order valence-corrected chi connectivity index (χ4v) is 2.44. The molecule has 0 aliphatic heterocycles. The van der Waals surface area contributed by atoms with Gasteiger partial charge in [0, 0.05) is 51.1 Å². The molecule has 0 aliphatic carbocycles. The molecule has 2 rings (SSSR count). The van der Waals surface area contributed by atoms with E-state index in [0.29, 0.717) is 6.42 Å². The molecule has 2 aromatic rings. The highest BCUT2D eigenvalue weighted by molar-refractivity contribution is 5.76. The fourth-order valence-electron chi connectivity index (χ4n) is 2.44. The smallest absolute Gasteiger partial charge is 0.222 e. The summed E-state index contributed by atoms with van der Waals surface area (Å²) in [5.74, 6) is 0.210. The van der Waals surface area contributed by atoms with Crippen LogP contribution in [0.15, 0.2) is 36.8 Å². The van der Waals surface area contributed by atoms with Crippen LogP contribution < -0.4 is 0 Å². The maximum Gasteiger partial charge on any atom is 0.222 e. The number of hydrogen-bond donors (Lipinski definition) is 0. The predicted octanol–water partition coefficient (Wildman–Crippen LogP) is 2.23. The van der Waals surface area contributed by atoms with Gasteiger partial charge in [-0.3, -0.25) is 14.5 Å². The molecular weight excluding hydrogens is 276 g/mol. The molecule has 118 valence electrons. The molecule has 0 atom stereocenters. The Bertz CT molecular complexity index is 579. The number of carbonyl (C=O) groups excluding carboxylic acids is 1. The summed E-state index contributed by atoms with van der Waals surface area (Å²) in [5.41, 5.74) is 2.14. The van der Waals surface area contributed by atoms with E-state index < -0.39 is 0 Å². The van der Waals surface area contributed by atoms with Crippen molar-refractivity contribution in [1.82, 2.24) is 19.7 Å². The van der Waals surface area contributed by atoms with Gasteiger partial charge in [0.05, 0.1) is 6.20 Å². The predicted molar refractivity (Wildman–Crippen MR) is 86.3 cm³/mol. The Hall–Kier alpha value is -2.17. The number of nitrogens with zero attached hydrogens (tertiary/aromatic N) is 4. The van der Waals surface area contributed by atoms with E-state index in [9.17, 15) is 4.79 Å². The molecule has 1 amide bonds. The molecule has 0 aliphatic rings. The molecule has 0 fully saturated rings. The highest BCUT2D eigenvalue weighted by Gasteiger charge is 2.13. The highest BCUT2D eigenvalue weighted by Crippen LogP contribution is 2.06. The lowest BCUT2D eigenvalue weighted by atomic mass is 10.1. The number of amides is 1. The van der Waals surface area contributed by atoms with Gasteiger partial charge in [-0.25, -0.2) is 0 Å². The van der Waals surface area contributed by atoms with Gasteiger partial charge in [-0.05, 0) is 30.5 Å². The van der Waals surface area contributed by atoms with Crippen LogP contribution in [-0.2, 0) is 24.7 Å². The van der Waals surface area contributed by atoms with E-state index in [4.69, 9.17) is 0 Å². The van der Waals surface area contributed by atoms with E-state index >= 15 is 0 Å². The Balaban J connectivity index is 1.84. The van der Waals surface area contributed by atoms with Gasteiger partial charge < -0.3 is 4.90 Å². The van der Waals surface area contributed by atoms with Crippen LogP contribution in [0.3, 0.4) is 0 Å². The molecule has 0 unspecified atom stereocenters. The zero-order valence-corrected chi connectivity index (χ0v) is 13.4. The van der Waals surface area contributed by atoms with Crippen molar-refractivity contribution >= 4 is 5.91 Å². The number of aromatic nitrogens is 3. The molecule has 0 radical (unpaired) electrons. The first-order chi connectivity index (χ1) is 10.7. The Labute approximate surface area is 132 Å². The Kier molecular flexibility index (Phi) is 6.13. The van der Waals surface area contributed by atoms with Crippen LogP contribution in [0.5, 0.6) is 0 Å². The summed E-state index contributed by atoms with van der Waals surface area (Å²) in [5, 5.41) is 4.14. The van der Waals surface area contributed by atoms with Gasteiger partial charge >= 0.3 is 0 Å². The molecule has 5 nitrogen and oxygen atoms in total. The van der Waals surface area contributed by atoms with E-state index in [1.807, 2.05) is 42.5 Å².